The highest BCUT2D eigenvalue weighted by Crippen LogP contribution is 2.19. The summed E-state index contributed by atoms with van der Waals surface area (Å²) < 4.78 is 0. The third-order valence-electron chi connectivity index (χ3n) is 3.51. The molecule has 0 aromatic heterocycles. The number of benzene rings is 1. The molecule has 1 aliphatic carbocycles. The molecule has 1 aliphatic rings. The Morgan fingerprint density at radius 2 is 2.21 bits per heavy atom. The summed E-state index contributed by atoms with van der Waals surface area (Å²) in [6.45, 7) is 1.69. The van der Waals surface area contributed by atoms with Crippen molar-refractivity contribution >= 4 is 5.97 Å². The average Bonchev–Trinajstić information content (AvgIpc) is 2.45. The SMILES string of the molecule is O=C(O)c1cccc(CNCCC2=CCCCC2)c1. The molecule has 0 saturated heterocycles. The van der Waals surface area contributed by atoms with Crippen LogP contribution in [0.2, 0.25) is 0 Å². The Morgan fingerprint density at radius 1 is 1.32 bits per heavy atom. The molecule has 0 spiro atoms. The van der Waals surface area contributed by atoms with Crippen molar-refractivity contribution in [2.45, 2.75) is 38.6 Å². The predicted octanol–water partition coefficient (Wildman–Crippen LogP) is 3.36. The summed E-state index contributed by atoms with van der Waals surface area (Å²) in [6.07, 6.45) is 8.62. The van der Waals surface area contributed by atoms with Gasteiger partial charge in [0.25, 0.3) is 0 Å². The first kappa shape index (κ1) is 13.8. The van der Waals surface area contributed by atoms with E-state index in [0.717, 1.165) is 25.1 Å². The number of nitrogens with one attached hydrogen (secondary N) is 1. The Bertz CT molecular complexity index is 466. The number of carbonyl (C=O) groups is 1. The lowest BCUT2D eigenvalue weighted by molar-refractivity contribution is 0.0696. The zero-order valence-corrected chi connectivity index (χ0v) is 11.2. The van der Waals surface area contributed by atoms with Gasteiger partial charge in [0.1, 0.15) is 0 Å². The van der Waals surface area contributed by atoms with E-state index in [9.17, 15) is 4.79 Å². The zero-order valence-electron chi connectivity index (χ0n) is 11.2. The van der Waals surface area contributed by atoms with E-state index < -0.39 is 5.97 Å². The van der Waals surface area contributed by atoms with Crippen molar-refractivity contribution in [1.29, 1.82) is 0 Å². The van der Waals surface area contributed by atoms with Crippen molar-refractivity contribution in [3.8, 4) is 0 Å². The smallest absolute Gasteiger partial charge is 0.335 e. The van der Waals surface area contributed by atoms with Gasteiger partial charge in [-0.05, 0) is 56.3 Å². The minimum absolute atomic E-state index is 0.356. The van der Waals surface area contributed by atoms with E-state index >= 15 is 0 Å². The van der Waals surface area contributed by atoms with Crippen molar-refractivity contribution in [3.05, 3.63) is 47.0 Å². The predicted molar refractivity (Wildman–Crippen MR) is 76.3 cm³/mol. The molecule has 1 aromatic rings. The van der Waals surface area contributed by atoms with Gasteiger partial charge in [0.05, 0.1) is 5.56 Å². The first-order chi connectivity index (χ1) is 9.25. The van der Waals surface area contributed by atoms with E-state index in [1.54, 1.807) is 23.8 Å². The highest BCUT2D eigenvalue weighted by atomic mass is 16.4. The topological polar surface area (TPSA) is 49.3 Å². The molecule has 0 atom stereocenters. The lowest BCUT2D eigenvalue weighted by Crippen LogP contribution is -2.16. The highest BCUT2D eigenvalue weighted by molar-refractivity contribution is 5.87. The molecule has 102 valence electrons. The number of carboxylic acid groups (broad SMARTS) is 1. The maximum absolute atomic E-state index is 10.9. The largest absolute Gasteiger partial charge is 0.478 e. The Balaban J connectivity index is 1.74. The molecular weight excluding hydrogens is 238 g/mol. The molecule has 0 amide bonds. The van der Waals surface area contributed by atoms with Crippen LogP contribution in [-0.4, -0.2) is 17.6 Å². The maximum Gasteiger partial charge on any atom is 0.335 e. The molecule has 3 nitrogen and oxygen atoms in total. The first-order valence-electron chi connectivity index (χ1n) is 6.96. The number of carboxylic acids is 1. The maximum atomic E-state index is 10.9. The summed E-state index contributed by atoms with van der Waals surface area (Å²) in [5.74, 6) is -0.866. The molecule has 1 aromatic carbocycles. The van der Waals surface area contributed by atoms with Crippen molar-refractivity contribution < 1.29 is 9.90 Å². The van der Waals surface area contributed by atoms with Gasteiger partial charge in [-0.15, -0.1) is 0 Å². The minimum atomic E-state index is -0.866. The second-order valence-corrected chi connectivity index (χ2v) is 5.04. The normalized spacial score (nSPS) is 15.1. The van der Waals surface area contributed by atoms with E-state index in [1.165, 1.54) is 25.7 Å². The van der Waals surface area contributed by atoms with Crippen molar-refractivity contribution in [3.63, 3.8) is 0 Å². The standard InChI is InChI=1S/C16H21NO2/c18-16(19)15-8-4-7-14(11-15)12-17-10-9-13-5-2-1-3-6-13/h4-5,7-8,11,17H,1-3,6,9-10,12H2,(H,18,19). The van der Waals surface area contributed by atoms with Gasteiger partial charge in [-0.25, -0.2) is 4.79 Å². The molecule has 0 heterocycles. The van der Waals surface area contributed by atoms with Gasteiger partial charge in [0.2, 0.25) is 0 Å². The van der Waals surface area contributed by atoms with Crippen LogP contribution < -0.4 is 5.32 Å². The van der Waals surface area contributed by atoms with Crippen molar-refractivity contribution in [1.82, 2.24) is 5.32 Å². The molecule has 2 N–H and O–H groups in total. The number of hydrogen-bond acceptors (Lipinski definition) is 2. The van der Waals surface area contributed by atoms with E-state index in [4.69, 9.17) is 5.11 Å². The lowest BCUT2D eigenvalue weighted by Gasteiger charge is -2.13. The van der Waals surface area contributed by atoms with Crippen LogP contribution in [0.3, 0.4) is 0 Å². The molecule has 0 radical (unpaired) electrons. The van der Waals surface area contributed by atoms with Crippen LogP contribution in [0.1, 0.15) is 48.0 Å². The van der Waals surface area contributed by atoms with E-state index in [0.29, 0.717) is 5.56 Å². The summed E-state index contributed by atoms with van der Waals surface area (Å²) in [5.41, 5.74) is 2.95. The quantitative estimate of drug-likeness (QED) is 0.608. The summed E-state index contributed by atoms with van der Waals surface area (Å²) in [4.78, 5) is 10.9. The zero-order chi connectivity index (χ0) is 13.5. The summed E-state index contributed by atoms with van der Waals surface area (Å²) in [5, 5.41) is 12.3. The monoisotopic (exact) mass is 259 g/mol. The summed E-state index contributed by atoms with van der Waals surface area (Å²) in [7, 11) is 0. The Hall–Kier alpha value is -1.61. The molecule has 0 bridgehead atoms. The van der Waals surface area contributed by atoms with Gasteiger partial charge >= 0.3 is 5.97 Å². The second-order valence-electron chi connectivity index (χ2n) is 5.04. The van der Waals surface area contributed by atoms with Gasteiger partial charge < -0.3 is 10.4 Å². The molecular formula is C16H21NO2. The molecule has 0 saturated carbocycles. The third kappa shape index (κ3) is 4.52. The van der Waals surface area contributed by atoms with Crippen LogP contribution in [0, 0.1) is 0 Å². The Morgan fingerprint density at radius 3 is 2.95 bits per heavy atom. The number of aromatic carboxylic acids is 1. The molecule has 0 unspecified atom stereocenters. The van der Waals surface area contributed by atoms with Crippen molar-refractivity contribution in [2.75, 3.05) is 6.54 Å². The summed E-state index contributed by atoms with van der Waals surface area (Å²) in [6, 6.07) is 7.11. The van der Waals surface area contributed by atoms with Gasteiger partial charge in [-0.2, -0.15) is 0 Å². The fraction of sp³-hybridized carbons (Fsp3) is 0.438. The van der Waals surface area contributed by atoms with Crippen LogP contribution in [0.25, 0.3) is 0 Å². The van der Waals surface area contributed by atoms with Crippen LogP contribution >= 0.6 is 0 Å². The van der Waals surface area contributed by atoms with Crippen molar-refractivity contribution in [2.24, 2.45) is 0 Å². The van der Waals surface area contributed by atoms with E-state index in [-0.39, 0.29) is 0 Å². The number of rotatable bonds is 6. The van der Waals surface area contributed by atoms with Crippen LogP contribution in [-0.2, 0) is 6.54 Å². The molecule has 0 fully saturated rings. The van der Waals surface area contributed by atoms with Crippen LogP contribution in [0.5, 0.6) is 0 Å². The van der Waals surface area contributed by atoms with Gasteiger partial charge in [0.15, 0.2) is 0 Å². The average molecular weight is 259 g/mol. The van der Waals surface area contributed by atoms with Gasteiger partial charge in [-0.1, -0.05) is 23.8 Å². The number of allylic oxidation sites excluding steroid dienone is 1. The van der Waals surface area contributed by atoms with Gasteiger partial charge in [0, 0.05) is 6.54 Å². The summed E-state index contributed by atoms with van der Waals surface area (Å²) >= 11 is 0. The van der Waals surface area contributed by atoms with Crippen LogP contribution in [0.4, 0.5) is 0 Å². The third-order valence-corrected chi connectivity index (χ3v) is 3.51. The second kappa shape index (κ2) is 7.10. The molecule has 0 aliphatic heterocycles. The Kier molecular flexibility index (Phi) is 5.16. The van der Waals surface area contributed by atoms with Gasteiger partial charge in [-0.3, -0.25) is 0 Å². The first-order valence-corrected chi connectivity index (χ1v) is 6.96. The van der Waals surface area contributed by atoms with Crippen LogP contribution in [0.15, 0.2) is 35.9 Å². The fourth-order valence-electron chi connectivity index (χ4n) is 2.43. The Labute approximate surface area is 114 Å². The number of hydrogen-bond donors (Lipinski definition) is 2. The molecule has 3 heteroatoms. The fourth-order valence-corrected chi connectivity index (χ4v) is 2.43. The lowest BCUT2D eigenvalue weighted by atomic mass is 9.97. The highest BCUT2D eigenvalue weighted by Gasteiger charge is 2.04. The molecule has 19 heavy (non-hydrogen) atoms. The van der Waals surface area contributed by atoms with E-state index in [1.807, 2.05) is 6.07 Å². The molecule has 2 rings (SSSR count). The van der Waals surface area contributed by atoms with E-state index in [2.05, 4.69) is 11.4 Å². The minimum Gasteiger partial charge on any atom is -0.478 e.